The van der Waals surface area contributed by atoms with Crippen LogP contribution in [0.25, 0.3) is 10.2 Å². The SMILES string of the molecule is C[C@H](CNC(=O)Cn1cnc2sc3c(c2c1=O)CCC3)c1ccccc1. The minimum atomic E-state index is -0.164. The molecule has 6 heteroatoms. The van der Waals surface area contributed by atoms with Gasteiger partial charge in [0.2, 0.25) is 5.91 Å². The van der Waals surface area contributed by atoms with E-state index in [2.05, 4.69) is 29.4 Å². The van der Waals surface area contributed by atoms with Gasteiger partial charge in [0.05, 0.1) is 11.7 Å². The molecule has 0 unspecified atom stereocenters. The summed E-state index contributed by atoms with van der Waals surface area (Å²) in [4.78, 5) is 31.6. The molecule has 0 saturated carbocycles. The molecule has 0 fully saturated rings. The maximum Gasteiger partial charge on any atom is 0.262 e. The van der Waals surface area contributed by atoms with Gasteiger partial charge < -0.3 is 5.32 Å². The van der Waals surface area contributed by atoms with Gasteiger partial charge in [0.1, 0.15) is 11.4 Å². The number of amides is 1. The number of rotatable bonds is 5. The zero-order valence-electron chi connectivity index (χ0n) is 14.7. The van der Waals surface area contributed by atoms with E-state index < -0.39 is 0 Å². The van der Waals surface area contributed by atoms with Crippen LogP contribution in [0, 0.1) is 0 Å². The van der Waals surface area contributed by atoms with Gasteiger partial charge >= 0.3 is 0 Å². The fourth-order valence-electron chi connectivity index (χ4n) is 3.51. The van der Waals surface area contributed by atoms with Crippen LogP contribution in [0.5, 0.6) is 0 Å². The van der Waals surface area contributed by atoms with E-state index in [1.54, 1.807) is 11.3 Å². The number of thiophene rings is 1. The topological polar surface area (TPSA) is 64.0 Å². The predicted molar refractivity (Wildman–Crippen MR) is 104 cm³/mol. The van der Waals surface area contributed by atoms with E-state index >= 15 is 0 Å². The van der Waals surface area contributed by atoms with Crippen LogP contribution in [0.4, 0.5) is 0 Å². The van der Waals surface area contributed by atoms with E-state index in [0.717, 1.165) is 35.0 Å². The van der Waals surface area contributed by atoms with Gasteiger partial charge in [-0.15, -0.1) is 11.3 Å². The van der Waals surface area contributed by atoms with Crippen molar-refractivity contribution in [1.82, 2.24) is 14.9 Å². The first-order chi connectivity index (χ1) is 12.6. The maximum atomic E-state index is 12.8. The lowest BCUT2D eigenvalue weighted by molar-refractivity contribution is -0.121. The number of fused-ring (bicyclic) bond motifs is 3. The van der Waals surface area contributed by atoms with Crippen molar-refractivity contribution in [2.75, 3.05) is 6.54 Å². The number of nitrogens with zero attached hydrogens (tertiary/aromatic N) is 2. The Bertz CT molecular complexity index is 1010. The summed E-state index contributed by atoms with van der Waals surface area (Å²) in [6, 6.07) is 10.1. The Balaban J connectivity index is 1.46. The number of hydrogen-bond donors (Lipinski definition) is 1. The van der Waals surface area contributed by atoms with Crippen molar-refractivity contribution in [3.63, 3.8) is 0 Å². The van der Waals surface area contributed by atoms with Gasteiger partial charge in [-0.1, -0.05) is 37.3 Å². The van der Waals surface area contributed by atoms with Crippen LogP contribution in [-0.2, 0) is 24.2 Å². The first kappa shape index (κ1) is 17.0. The highest BCUT2D eigenvalue weighted by Crippen LogP contribution is 2.34. The Hall–Kier alpha value is -2.47. The summed E-state index contributed by atoms with van der Waals surface area (Å²) in [5.74, 6) is 0.0560. The molecule has 3 aromatic rings. The van der Waals surface area contributed by atoms with Gasteiger partial charge in [-0.25, -0.2) is 4.98 Å². The van der Waals surface area contributed by atoms with E-state index in [-0.39, 0.29) is 23.9 Å². The number of carbonyl (C=O) groups is 1. The quantitative estimate of drug-likeness (QED) is 0.754. The number of hydrogen-bond acceptors (Lipinski definition) is 4. The summed E-state index contributed by atoms with van der Waals surface area (Å²) in [6.07, 6.45) is 4.57. The summed E-state index contributed by atoms with van der Waals surface area (Å²) < 4.78 is 1.43. The fraction of sp³-hybridized carbons (Fsp3) is 0.350. The number of carbonyl (C=O) groups excluding carboxylic acids is 1. The van der Waals surface area contributed by atoms with E-state index in [9.17, 15) is 9.59 Å². The average Bonchev–Trinajstić information content (AvgIpc) is 3.24. The average molecular weight is 367 g/mol. The number of benzene rings is 1. The molecular weight excluding hydrogens is 346 g/mol. The number of aromatic nitrogens is 2. The second-order valence-corrected chi connectivity index (χ2v) is 7.91. The summed E-state index contributed by atoms with van der Waals surface area (Å²) >= 11 is 1.61. The minimum absolute atomic E-state index is 0.00784. The third kappa shape index (κ3) is 3.17. The minimum Gasteiger partial charge on any atom is -0.354 e. The lowest BCUT2D eigenvalue weighted by Crippen LogP contribution is -2.34. The highest BCUT2D eigenvalue weighted by molar-refractivity contribution is 7.18. The van der Waals surface area contributed by atoms with Crippen LogP contribution in [0.3, 0.4) is 0 Å². The molecule has 4 rings (SSSR count). The van der Waals surface area contributed by atoms with Gasteiger partial charge in [-0.05, 0) is 36.3 Å². The molecule has 2 heterocycles. The van der Waals surface area contributed by atoms with Gasteiger partial charge in [-0.3, -0.25) is 14.2 Å². The van der Waals surface area contributed by atoms with Crippen molar-refractivity contribution >= 4 is 27.5 Å². The van der Waals surface area contributed by atoms with Crippen molar-refractivity contribution < 1.29 is 4.79 Å². The second-order valence-electron chi connectivity index (χ2n) is 6.83. The van der Waals surface area contributed by atoms with Crippen LogP contribution >= 0.6 is 11.3 Å². The largest absolute Gasteiger partial charge is 0.354 e. The number of aryl methyl sites for hydroxylation is 2. The summed E-state index contributed by atoms with van der Waals surface area (Å²) in [6.45, 7) is 2.62. The van der Waals surface area contributed by atoms with E-state index in [4.69, 9.17) is 0 Å². The Morgan fingerprint density at radius 1 is 1.31 bits per heavy atom. The van der Waals surface area contributed by atoms with Crippen molar-refractivity contribution in [1.29, 1.82) is 0 Å². The van der Waals surface area contributed by atoms with Crippen molar-refractivity contribution in [2.24, 2.45) is 0 Å². The van der Waals surface area contributed by atoms with E-state index in [1.807, 2.05) is 18.2 Å². The first-order valence-corrected chi connectivity index (χ1v) is 9.76. The highest BCUT2D eigenvalue weighted by Gasteiger charge is 2.21. The molecule has 1 aromatic carbocycles. The lowest BCUT2D eigenvalue weighted by Gasteiger charge is -2.13. The van der Waals surface area contributed by atoms with Crippen LogP contribution in [0.1, 0.15) is 35.3 Å². The van der Waals surface area contributed by atoms with Gasteiger partial charge in [0, 0.05) is 11.4 Å². The Morgan fingerprint density at radius 2 is 2.12 bits per heavy atom. The smallest absolute Gasteiger partial charge is 0.262 e. The highest BCUT2D eigenvalue weighted by atomic mass is 32.1. The van der Waals surface area contributed by atoms with Crippen molar-refractivity contribution in [3.05, 3.63) is 63.0 Å². The summed E-state index contributed by atoms with van der Waals surface area (Å²) in [5.41, 5.74) is 2.23. The number of nitrogens with one attached hydrogen (secondary N) is 1. The van der Waals surface area contributed by atoms with Gasteiger partial charge in [0.15, 0.2) is 0 Å². The fourth-order valence-corrected chi connectivity index (χ4v) is 4.73. The molecule has 5 nitrogen and oxygen atoms in total. The normalized spacial score (nSPS) is 14.3. The Morgan fingerprint density at radius 3 is 2.92 bits per heavy atom. The zero-order chi connectivity index (χ0) is 18.1. The molecule has 0 bridgehead atoms. The standard InChI is InChI=1S/C20H21N3O2S/c1-13(14-6-3-2-4-7-14)10-21-17(24)11-23-12-22-19-18(20(23)25)15-8-5-9-16(15)26-19/h2-4,6-7,12-13H,5,8-11H2,1H3,(H,21,24)/t13-/m1/s1. The van der Waals surface area contributed by atoms with Crippen LogP contribution < -0.4 is 10.9 Å². The first-order valence-electron chi connectivity index (χ1n) is 8.95. The second kappa shape index (κ2) is 7.03. The maximum absolute atomic E-state index is 12.8. The molecule has 0 spiro atoms. The molecule has 1 amide bonds. The predicted octanol–water partition coefficient (Wildman–Crippen LogP) is 2.87. The lowest BCUT2D eigenvalue weighted by atomic mass is 10.0. The molecule has 0 saturated heterocycles. The molecule has 26 heavy (non-hydrogen) atoms. The van der Waals surface area contributed by atoms with Gasteiger partial charge in [-0.2, -0.15) is 0 Å². The molecule has 0 radical (unpaired) electrons. The van der Waals surface area contributed by atoms with E-state index in [1.165, 1.54) is 21.3 Å². The van der Waals surface area contributed by atoms with Crippen LogP contribution in [0.2, 0.25) is 0 Å². The molecule has 1 aliphatic carbocycles. The summed E-state index contributed by atoms with van der Waals surface area (Å²) in [7, 11) is 0. The molecular formula is C20H21N3O2S. The molecule has 2 aromatic heterocycles. The van der Waals surface area contributed by atoms with Crippen molar-refractivity contribution in [3.8, 4) is 0 Å². The zero-order valence-corrected chi connectivity index (χ0v) is 15.5. The molecule has 1 N–H and O–H groups in total. The van der Waals surface area contributed by atoms with Crippen LogP contribution in [0.15, 0.2) is 41.5 Å². The molecule has 134 valence electrons. The van der Waals surface area contributed by atoms with Crippen LogP contribution in [-0.4, -0.2) is 22.0 Å². The van der Waals surface area contributed by atoms with E-state index in [0.29, 0.717) is 6.54 Å². The third-order valence-electron chi connectivity index (χ3n) is 4.98. The molecule has 0 aliphatic heterocycles. The monoisotopic (exact) mass is 367 g/mol. The summed E-state index contributed by atoms with van der Waals surface area (Å²) in [5, 5.41) is 3.65. The van der Waals surface area contributed by atoms with Crippen molar-refractivity contribution in [2.45, 2.75) is 38.6 Å². The Labute approximate surface area is 155 Å². The third-order valence-corrected chi connectivity index (χ3v) is 6.18. The Kier molecular flexibility index (Phi) is 4.59. The van der Waals surface area contributed by atoms with Gasteiger partial charge in [0.25, 0.3) is 5.56 Å². The molecule has 1 aliphatic rings. The molecule has 1 atom stereocenters.